The predicted molar refractivity (Wildman–Crippen MR) is 140 cm³/mol. The lowest BCUT2D eigenvalue weighted by Crippen LogP contribution is -2.32. The summed E-state index contributed by atoms with van der Waals surface area (Å²) in [6, 6.07) is 40.4. The van der Waals surface area contributed by atoms with Crippen LogP contribution in [0.2, 0.25) is 0 Å². The van der Waals surface area contributed by atoms with Crippen molar-refractivity contribution >= 4 is 21.5 Å². The molecule has 0 radical (unpaired) electrons. The third-order valence-electron chi connectivity index (χ3n) is 7.75. The number of hydrogen-bond acceptors (Lipinski definition) is 2. The lowest BCUT2D eigenvalue weighted by molar-refractivity contribution is 0.438. The molecule has 0 bridgehead atoms. The fraction of sp³-hybridized carbons (Fsp3) is 0.0303. The van der Waals surface area contributed by atoms with E-state index >= 15 is 0 Å². The van der Waals surface area contributed by atoms with Crippen LogP contribution >= 0.6 is 0 Å². The Balaban J connectivity index is 1.59. The summed E-state index contributed by atoms with van der Waals surface area (Å²) in [5.74, 6) is 1.96. The van der Waals surface area contributed by atoms with Crippen LogP contribution in [0, 0.1) is 0 Å². The number of aromatic hydroxyl groups is 1. The van der Waals surface area contributed by atoms with Crippen molar-refractivity contribution in [2.45, 2.75) is 5.41 Å². The molecule has 0 saturated heterocycles. The maximum absolute atomic E-state index is 10.1. The molecule has 6 aromatic carbocycles. The lowest BCUT2D eigenvalue weighted by Gasteiger charge is -2.39. The van der Waals surface area contributed by atoms with E-state index in [0.717, 1.165) is 33.2 Å². The molecule has 0 amide bonds. The van der Waals surface area contributed by atoms with E-state index < -0.39 is 5.41 Å². The van der Waals surface area contributed by atoms with Gasteiger partial charge in [0.1, 0.15) is 17.2 Å². The van der Waals surface area contributed by atoms with E-state index in [1.165, 1.54) is 33.2 Å². The molecular weight excluding hydrogens is 428 g/mol. The third kappa shape index (κ3) is 2.33. The van der Waals surface area contributed by atoms with Gasteiger partial charge in [0.2, 0.25) is 0 Å². The van der Waals surface area contributed by atoms with Crippen molar-refractivity contribution in [1.82, 2.24) is 0 Å². The molecule has 0 fully saturated rings. The molecule has 2 nitrogen and oxygen atoms in total. The molecule has 1 N–H and O–H groups in total. The van der Waals surface area contributed by atoms with Crippen LogP contribution in [0.4, 0.5) is 0 Å². The molecular formula is C33H20O2. The Kier molecular flexibility index (Phi) is 3.51. The summed E-state index contributed by atoms with van der Waals surface area (Å²) < 4.78 is 6.67. The number of rotatable bonds is 0. The summed E-state index contributed by atoms with van der Waals surface area (Å²) in [4.78, 5) is 0. The lowest BCUT2D eigenvalue weighted by atomic mass is 9.65. The first-order chi connectivity index (χ1) is 17.2. The number of benzene rings is 6. The zero-order valence-corrected chi connectivity index (χ0v) is 18.8. The summed E-state index contributed by atoms with van der Waals surface area (Å²) in [5.41, 5.74) is 6.89. The molecule has 6 aromatic rings. The average Bonchev–Trinajstić information content (AvgIpc) is 3.18. The van der Waals surface area contributed by atoms with E-state index in [1.807, 2.05) is 6.07 Å². The Morgan fingerprint density at radius 1 is 0.457 bits per heavy atom. The van der Waals surface area contributed by atoms with Gasteiger partial charge in [0, 0.05) is 11.1 Å². The third-order valence-corrected chi connectivity index (χ3v) is 7.75. The summed E-state index contributed by atoms with van der Waals surface area (Å²) in [7, 11) is 0. The first-order valence-corrected chi connectivity index (χ1v) is 11.9. The second kappa shape index (κ2) is 6.52. The molecule has 0 saturated carbocycles. The van der Waals surface area contributed by atoms with Crippen molar-refractivity contribution in [1.29, 1.82) is 0 Å². The van der Waals surface area contributed by atoms with Crippen molar-refractivity contribution < 1.29 is 9.84 Å². The second-order valence-corrected chi connectivity index (χ2v) is 9.52. The van der Waals surface area contributed by atoms with Crippen LogP contribution in [0.15, 0.2) is 115 Å². The van der Waals surface area contributed by atoms with E-state index in [9.17, 15) is 5.11 Å². The Hall–Kier alpha value is -4.56. The van der Waals surface area contributed by atoms with Crippen molar-refractivity contribution in [3.8, 4) is 28.4 Å². The Morgan fingerprint density at radius 2 is 0.971 bits per heavy atom. The van der Waals surface area contributed by atoms with E-state index in [0.29, 0.717) is 0 Å². The SMILES string of the molecule is Oc1ccc2cc3c(cc2c1)Oc1cc2ccccc2cc1C31c2ccccc2-c2ccccc21. The van der Waals surface area contributed by atoms with E-state index in [4.69, 9.17) is 4.74 Å². The monoisotopic (exact) mass is 448 g/mol. The molecule has 8 rings (SSSR count). The molecule has 0 atom stereocenters. The molecule has 2 heteroatoms. The van der Waals surface area contributed by atoms with E-state index in [-0.39, 0.29) is 5.75 Å². The van der Waals surface area contributed by atoms with Crippen LogP contribution in [0.25, 0.3) is 32.7 Å². The molecule has 2 aliphatic rings. The molecule has 1 spiro atoms. The summed E-state index contributed by atoms with van der Waals surface area (Å²) in [5, 5.41) is 14.5. The largest absolute Gasteiger partial charge is 0.508 e. The van der Waals surface area contributed by atoms with Crippen molar-refractivity contribution in [3.63, 3.8) is 0 Å². The van der Waals surface area contributed by atoms with Gasteiger partial charge in [-0.25, -0.2) is 0 Å². The molecule has 35 heavy (non-hydrogen) atoms. The van der Waals surface area contributed by atoms with Gasteiger partial charge in [-0.2, -0.15) is 0 Å². The Labute approximate surface area is 202 Å². The van der Waals surface area contributed by atoms with Gasteiger partial charge in [0.25, 0.3) is 0 Å². The first-order valence-electron chi connectivity index (χ1n) is 11.9. The van der Waals surface area contributed by atoms with Crippen LogP contribution in [0.3, 0.4) is 0 Å². The Bertz CT molecular complexity index is 1800. The molecule has 1 aliphatic heterocycles. The number of phenolic OH excluding ortho intramolecular Hbond substituents is 1. The van der Waals surface area contributed by atoms with Gasteiger partial charge >= 0.3 is 0 Å². The summed E-state index contributed by atoms with van der Waals surface area (Å²) >= 11 is 0. The minimum atomic E-state index is -0.494. The maximum Gasteiger partial charge on any atom is 0.132 e. The van der Waals surface area contributed by atoms with Gasteiger partial charge in [0.05, 0.1) is 5.41 Å². The van der Waals surface area contributed by atoms with Crippen LogP contribution in [-0.2, 0) is 5.41 Å². The highest BCUT2D eigenvalue weighted by Crippen LogP contribution is 2.62. The standard InChI is InChI=1S/C33H20O2/c34-24-14-13-22-17-30-32(19-23(22)15-24)35-31-18-21-8-2-1-7-20(21)16-29(31)33(30)27-11-5-3-9-25(27)26-10-4-6-12-28(26)33/h1-19,34H. The maximum atomic E-state index is 10.1. The summed E-state index contributed by atoms with van der Waals surface area (Å²) in [6.07, 6.45) is 0. The molecule has 1 heterocycles. The van der Waals surface area contributed by atoms with Gasteiger partial charge in [-0.3, -0.25) is 0 Å². The summed E-state index contributed by atoms with van der Waals surface area (Å²) in [6.45, 7) is 0. The quantitative estimate of drug-likeness (QED) is 0.253. The van der Waals surface area contributed by atoms with Gasteiger partial charge in [-0.1, -0.05) is 78.9 Å². The number of ether oxygens (including phenoxy) is 1. The predicted octanol–water partition coefficient (Wildman–Crippen LogP) is 8.17. The van der Waals surface area contributed by atoms with Crippen LogP contribution < -0.4 is 4.74 Å². The van der Waals surface area contributed by atoms with Crippen LogP contribution in [0.1, 0.15) is 22.3 Å². The minimum absolute atomic E-state index is 0.255. The fourth-order valence-corrected chi connectivity index (χ4v) is 6.32. The smallest absolute Gasteiger partial charge is 0.132 e. The zero-order valence-electron chi connectivity index (χ0n) is 18.8. The highest BCUT2D eigenvalue weighted by Gasteiger charge is 2.51. The van der Waals surface area contributed by atoms with Gasteiger partial charge in [-0.05, 0) is 80.2 Å². The van der Waals surface area contributed by atoms with E-state index in [1.54, 1.807) is 12.1 Å². The highest BCUT2D eigenvalue weighted by molar-refractivity contribution is 5.95. The fourth-order valence-electron chi connectivity index (χ4n) is 6.32. The number of fused-ring (bicyclic) bond motifs is 11. The molecule has 1 aliphatic carbocycles. The molecule has 0 aromatic heterocycles. The minimum Gasteiger partial charge on any atom is -0.508 e. The molecule has 0 unspecified atom stereocenters. The number of phenols is 1. The van der Waals surface area contributed by atoms with Gasteiger partial charge in [0.15, 0.2) is 0 Å². The van der Waals surface area contributed by atoms with Crippen molar-refractivity contribution in [3.05, 3.63) is 138 Å². The normalized spacial score (nSPS) is 14.3. The van der Waals surface area contributed by atoms with Crippen molar-refractivity contribution in [2.24, 2.45) is 0 Å². The first kappa shape index (κ1) is 18.8. The number of hydrogen-bond donors (Lipinski definition) is 1. The van der Waals surface area contributed by atoms with Crippen LogP contribution in [-0.4, -0.2) is 5.11 Å². The van der Waals surface area contributed by atoms with Gasteiger partial charge < -0.3 is 9.84 Å². The van der Waals surface area contributed by atoms with Gasteiger partial charge in [-0.15, -0.1) is 0 Å². The van der Waals surface area contributed by atoms with Crippen LogP contribution in [0.5, 0.6) is 17.2 Å². The van der Waals surface area contributed by atoms with Crippen molar-refractivity contribution in [2.75, 3.05) is 0 Å². The topological polar surface area (TPSA) is 29.5 Å². The Morgan fingerprint density at radius 3 is 1.63 bits per heavy atom. The highest BCUT2D eigenvalue weighted by atomic mass is 16.5. The average molecular weight is 449 g/mol. The second-order valence-electron chi connectivity index (χ2n) is 9.52. The zero-order chi connectivity index (χ0) is 23.1. The van der Waals surface area contributed by atoms with E-state index in [2.05, 4.69) is 97.1 Å². The molecule has 164 valence electrons.